The van der Waals surface area contributed by atoms with E-state index in [1.54, 1.807) is 12.1 Å². The molecule has 0 saturated carbocycles. The van der Waals surface area contributed by atoms with Crippen LogP contribution in [0.4, 0.5) is 0 Å². The maximum absolute atomic E-state index is 10.6. The van der Waals surface area contributed by atoms with Crippen LogP contribution in [0, 0.1) is 0 Å². The van der Waals surface area contributed by atoms with E-state index >= 15 is 0 Å². The summed E-state index contributed by atoms with van der Waals surface area (Å²) in [4.78, 5) is 13.4. The second-order valence-corrected chi connectivity index (χ2v) is 4.00. The monoisotopic (exact) mass is 247 g/mol. The second-order valence-electron chi connectivity index (χ2n) is 2.78. The van der Waals surface area contributed by atoms with Crippen LogP contribution in [-0.2, 0) is 0 Å². The standard InChI is InChI=1S/C9H4Cl3NO/c10-4-1-5(11)8-6(2-4)13-7(3-14)9(8)12/h1-3,13H. The molecule has 14 heavy (non-hydrogen) atoms. The number of benzene rings is 1. The molecular weight excluding hydrogens is 244 g/mol. The second kappa shape index (κ2) is 3.46. The molecule has 5 heteroatoms. The smallest absolute Gasteiger partial charge is 0.167 e. The van der Waals surface area contributed by atoms with Crippen LogP contribution in [0.5, 0.6) is 0 Å². The van der Waals surface area contributed by atoms with Crippen molar-refractivity contribution in [2.45, 2.75) is 0 Å². The lowest BCUT2D eigenvalue weighted by atomic mass is 10.2. The average molecular weight is 248 g/mol. The molecule has 0 aliphatic carbocycles. The van der Waals surface area contributed by atoms with E-state index in [-0.39, 0.29) is 0 Å². The SMILES string of the molecule is O=Cc1[nH]c2cc(Cl)cc(Cl)c2c1Cl. The Labute approximate surface area is 94.8 Å². The zero-order valence-corrected chi connectivity index (χ0v) is 9.04. The summed E-state index contributed by atoms with van der Waals surface area (Å²) in [7, 11) is 0. The summed E-state index contributed by atoms with van der Waals surface area (Å²) in [6.07, 6.45) is 0.645. The maximum atomic E-state index is 10.6. The van der Waals surface area contributed by atoms with Crippen LogP contribution < -0.4 is 0 Å². The highest BCUT2D eigenvalue weighted by Gasteiger charge is 2.12. The van der Waals surface area contributed by atoms with E-state index in [0.29, 0.717) is 38.0 Å². The molecule has 0 fully saturated rings. The normalized spacial score (nSPS) is 10.8. The van der Waals surface area contributed by atoms with E-state index in [0.717, 1.165) is 0 Å². The largest absolute Gasteiger partial charge is 0.351 e. The van der Waals surface area contributed by atoms with Crippen LogP contribution in [0.1, 0.15) is 10.5 Å². The third kappa shape index (κ3) is 1.40. The Morgan fingerprint density at radius 2 is 1.93 bits per heavy atom. The average Bonchev–Trinajstić information content (AvgIpc) is 2.42. The number of hydrogen-bond donors (Lipinski definition) is 1. The van der Waals surface area contributed by atoms with E-state index < -0.39 is 0 Å². The summed E-state index contributed by atoms with van der Waals surface area (Å²) in [5.74, 6) is 0. The fraction of sp³-hybridized carbons (Fsp3) is 0. The van der Waals surface area contributed by atoms with Crippen molar-refractivity contribution in [3.8, 4) is 0 Å². The van der Waals surface area contributed by atoms with Gasteiger partial charge in [-0.05, 0) is 12.1 Å². The van der Waals surface area contributed by atoms with Crippen LogP contribution in [0.15, 0.2) is 12.1 Å². The maximum Gasteiger partial charge on any atom is 0.167 e. The Hall–Kier alpha value is -0.700. The Morgan fingerprint density at radius 1 is 1.21 bits per heavy atom. The van der Waals surface area contributed by atoms with Crippen LogP contribution in [-0.4, -0.2) is 11.3 Å². The molecule has 0 amide bonds. The zero-order valence-electron chi connectivity index (χ0n) is 6.77. The Balaban J connectivity index is 2.92. The quantitative estimate of drug-likeness (QED) is 0.762. The van der Waals surface area contributed by atoms with Gasteiger partial charge in [-0.25, -0.2) is 0 Å². The molecule has 1 heterocycles. The molecule has 72 valence electrons. The van der Waals surface area contributed by atoms with E-state index in [1.165, 1.54) is 0 Å². The van der Waals surface area contributed by atoms with Gasteiger partial charge in [0.15, 0.2) is 6.29 Å². The number of hydrogen-bond acceptors (Lipinski definition) is 1. The van der Waals surface area contributed by atoms with Crippen molar-refractivity contribution in [1.82, 2.24) is 4.98 Å². The van der Waals surface area contributed by atoms with Gasteiger partial charge in [-0.1, -0.05) is 34.8 Å². The molecule has 0 aliphatic heterocycles. The molecule has 0 unspecified atom stereocenters. The van der Waals surface area contributed by atoms with Gasteiger partial charge in [-0.15, -0.1) is 0 Å². The summed E-state index contributed by atoms with van der Waals surface area (Å²) >= 11 is 17.7. The van der Waals surface area contributed by atoms with Crippen LogP contribution in [0.2, 0.25) is 15.1 Å². The van der Waals surface area contributed by atoms with Crippen molar-refractivity contribution in [2.75, 3.05) is 0 Å². The fourth-order valence-electron chi connectivity index (χ4n) is 1.31. The number of carbonyl (C=O) groups excluding carboxylic acids is 1. The van der Waals surface area contributed by atoms with Crippen LogP contribution in [0.25, 0.3) is 10.9 Å². The minimum atomic E-state index is 0.311. The molecule has 0 saturated heterocycles. The first-order valence-corrected chi connectivity index (χ1v) is 4.88. The van der Waals surface area contributed by atoms with Crippen LogP contribution >= 0.6 is 34.8 Å². The van der Waals surface area contributed by atoms with Crippen molar-refractivity contribution >= 4 is 52.0 Å². The Morgan fingerprint density at radius 3 is 2.57 bits per heavy atom. The third-order valence-electron chi connectivity index (χ3n) is 1.90. The number of aromatic amines is 1. The van der Waals surface area contributed by atoms with E-state index in [1.807, 2.05) is 0 Å². The third-order valence-corrected chi connectivity index (χ3v) is 2.81. The topological polar surface area (TPSA) is 32.9 Å². The number of rotatable bonds is 1. The molecule has 2 rings (SSSR count). The van der Waals surface area contributed by atoms with E-state index in [2.05, 4.69) is 4.98 Å². The lowest BCUT2D eigenvalue weighted by Crippen LogP contribution is -1.76. The van der Waals surface area contributed by atoms with Gasteiger partial charge in [0.2, 0.25) is 0 Å². The predicted molar refractivity (Wildman–Crippen MR) is 58.7 cm³/mol. The number of carbonyl (C=O) groups is 1. The van der Waals surface area contributed by atoms with Crippen molar-refractivity contribution in [3.63, 3.8) is 0 Å². The number of aromatic nitrogens is 1. The highest BCUT2D eigenvalue weighted by molar-refractivity contribution is 6.44. The van der Waals surface area contributed by atoms with Gasteiger partial charge in [0.25, 0.3) is 0 Å². The number of aldehydes is 1. The first-order valence-electron chi connectivity index (χ1n) is 3.75. The van der Waals surface area contributed by atoms with Crippen molar-refractivity contribution < 1.29 is 4.79 Å². The Kier molecular flexibility index (Phi) is 2.43. The predicted octanol–water partition coefficient (Wildman–Crippen LogP) is 3.94. The van der Waals surface area contributed by atoms with Crippen LogP contribution in [0.3, 0.4) is 0 Å². The number of H-pyrrole nitrogens is 1. The van der Waals surface area contributed by atoms with E-state index in [9.17, 15) is 4.79 Å². The summed E-state index contributed by atoms with van der Waals surface area (Å²) in [5.41, 5.74) is 0.973. The summed E-state index contributed by atoms with van der Waals surface area (Å²) < 4.78 is 0. The van der Waals surface area contributed by atoms with Crippen molar-refractivity contribution in [2.24, 2.45) is 0 Å². The zero-order chi connectivity index (χ0) is 10.3. The highest BCUT2D eigenvalue weighted by atomic mass is 35.5. The number of fused-ring (bicyclic) bond motifs is 1. The van der Waals surface area contributed by atoms with Gasteiger partial charge in [-0.2, -0.15) is 0 Å². The van der Waals surface area contributed by atoms with Gasteiger partial charge >= 0.3 is 0 Å². The molecule has 0 spiro atoms. The van der Waals surface area contributed by atoms with Gasteiger partial charge < -0.3 is 4.98 Å². The first-order chi connectivity index (χ1) is 6.63. The molecule has 2 aromatic rings. The minimum absolute atomic E-state index is 0.311. The van der Waals surface area contributed by atoms with Gasteiger partial charge in [-0.3, -0.25) is 4.79 Å². The highest BCUT2D eigenvalue weighted by Crippen LogP contribution is 2.34. The summed E-state index contributed by atoms with van der Waals surface area (Å²) in [6, 6.07) is 3.25. The molecule has 2 nitrogen and oxygen atoms in total. The van der Waals surface area contributed by atoms with E-state index in [4.69, 9.17) is 34.8 Å². The molecule has 0 aliphatic rings. The van der Waals surface area contributed by atoms with Crippen molar-refractivity contribution in [1.29, 1.82) is 0 Å². The van der Waals surface area contributed by atoms with Gasteiger partial charge in [0.1, 0.15) is 0 Å². The fourth-order valence-corrected chi connectivity index (χ4v) is 2.24. The van der Waals surface area contributed by atoms with Gasteiger partial charge in [0.05, 0.1) is 21.3 Å². The van der Waals surface area contributed by atoms with Crippen molar-refractivity contribution in [3.05, 3.63) is 32.9 Å². The molecule has 0 radical (unpaired) electrons. The molecule has 1 aromatic heterocycles. The lowest BCUT2D eigenvalue weighted by Gasteiger charge is -1.95. The summed E-state index contributed by atoms with van der Waals surface area (Å²) in [6.45, 7) is 0. The first kappa shape index (κ1) is 9.84. The lowest BCUT2D eigenvalue weighted by molar-refractivity contribution is 0.112. The molecule has 1 aromatic carbocycles. The molecule has 0 bridgehead atoms. The molecular formula is C9H4Cl3NO. The van der Waals surface area contributed by atoms with Gasteiger partial charge in [0, 0.05) is 10.4 Å². The number of nitrogens with one attached hydrogen (secondary N) is 1. The minimum Gasteiger partial charge on any atom is -0.351 e. The number of halogens is 3. The summed E-state index contributed by atoms with van der Waals surface area (Å²) in [5, 5.41) is 1.89. The molecule has 0 atom stereocenters. The Bertz CT molecular complexity index is 518. The molecule has 1 N–H and O–H groups in total.